The Hall–Kier alpha value is -2.30. The molecular weight excluding hydrogens is 354 g/mol. The topological polar surface area (TPSA) is 46.2 Å². The van der Waals surface area contributed by atoms with Gasteiger partial charge in [0.05, 0.1) is 16.0 Å². The van der Waals surface area contributed by atoms with E-state index in [4.69, 9.17) is 11.6 Å². The van der Waals surface area contributed by atoms with E-state index in [1.165, 1.54) is 0 Å². The Bertz CT molecular complexity index is 1080. The van der Waals surface area contributed by atoms with Crippen LogP contribution in [-0.2, 0) is 10.0 Å². The van der Waals surface area contributed by atoms with Gasteiger partial charge in [-0.25, -0.2) is 8.42 Å². The number of alkyl halides is 1. The molecule has 1 heterocycles. The molecule has 0 saturated carbocycles. The predicted octanol–water partition coefficient (Wildman–Crippen LogP) is 5.10. The highest BCUT2D eigenvalue weighted by molar-refractivity contribution is 7.92. The summed E-state index contributed by atoms with van der Waals surface area (Å²) in [4.78, 5) is 0.226. The van der Waals surface area contributed by atoms with Crippen LogP contribution in [0, 0.1) is 6.92 Å². The van der Waals surface area contributed by atoms with Crippen LogP contribution in [0.25, 0.3) is 11.1 Å². The minimum atomic E-state index is -3.70. The van der Waals surface area contributed by atoms with Gasteiger partial charge in [0.1, 0.15) is 0 Å². The summed E-state index contributed by atoms with van der Waals surface area (Å²) in [7, 11) is -3.70. The second-order valence-electron chi connectivity index (χ2n) is 6.09. The first-order chi connectivity index (χ1) is 12.0. The number of aryl methyl sites for hydroxylation is 1. The van der Waals surface area contributed by atoms with Crippen molar-refractivity contribution in [2.45, 2.75) is 17.2 Å². The highest BCUT2D eigenvalue weighted by atomic mass is 35.5. The number of fused-ring (bicyclic) bond motifs is 2. The highest BCUT2D eigenvalue weighted by Gasteiger charge is 2.32. The molecule has 0 saturated heterocycles. The molecule has 126 valence electrons. The van der Waals surface area contributed by atoms with Crippen molar-refractivity contribution in [1.29, 1.82) is 0 Å². The lowest BCUT2D eigenvalue weighted by Gasteiger charge is -2.18. The lowest BCUT2D eigenvalue weighted by Crippen LogP contribution is -2.13. The number of halogens is 1. The Morgan fingerprint density at radius 3 is 2.36 bits per heavy atom. The Morgan fingerprint density at radius 1 is 0.880 bits per heavy atom. The van der Waals surface area contributed by atoms with Crippen molar-refractivity contribution in [2.24, 2.45) is 0 Å². The van der Waals surface area contributed by atoms with E-state index in [2.05, 4.69) is 4.72 Å². The Balaban J connectivity index is 2.08. The molecule has 1 unspecified atom stereocenters. The molecule has 25 heavy (non-hydrogen) atoms. The van der Waals surface area contributed by atoms with Gasteiger partial charge in [0.15, 0.2) is 0 Å². The first-order valence-electron chi connectivity index (χ1n) is 7.94. The fourth-order valence-corrected chi connectivity index (χ4v) is 5.17. The number of rotatable bonds is 1. The molecule has 0 aliphatic carbocycles. The molecule has 0 radical (unpaired) electrons. The minimum absolute atomic E-state index is 0.226. The molecule has 3 aromatic rings. The molecule has 1 atom stereocenters. The smallest absolute Gasteiger partial charge is 0.262 e. The Morgan fingerprint density at radius 2 is 1.56 bits per heavy atom. The normalized spacial score (nSPS) is 17.8. The van der Waals surface area contributed by atoms with Crippen molar-refractivity contribution >= 4 is 27.3 Å². The van der Waals surface area contributed by atoms with Gasteiger partial charge in [-0.15, -0.1) is 11.6 Å². The minimum Gasteiger partial charge on any atom is -0.279 e. The third-order valence-electron chi connectivity index (χ3n) is 4.52. The van der Waals surface area contributed by atoms with Crippen molar-refractivity contribution in [2.75, 3.05) is 4.72 Å². The standard InChI is InChI=1S/C20H16ClNO2S/c1-13-7-2-3-8-14(13)15-10-6-12-18-19(15)20(21)16-9-4-5-11-17(16)22-25(18,23)24/h2-12,20,22H,1H3. The van der Waals surface area contributed by atoms with Crippen LogP contribution in [0.2, 0.25) is 0 Å². The molecule has 5 heteroatoms. The zero-order valence-corrected chi connectivity index (χ0v) is 15.1. The van der Waals surface area contributed by atoms with Crippen LogP contribution in [0.15, 0.2) is 71.6 Å². The first-order valence-corrected chi connectivity index (χ1v) is 9.86. The predicted molar refractivity (Wildman–Crippen MR) is 102 cm³/mol. The zero-order chi connectivity index (χ0) is 17.6. The van der Waals surface area contributed by atoms with Crippen LogP contribution in [0.3, 0.4) is 0 Å². The molecule has 4 rings (SSSR count). The summed E-state index contributed by atoms with van der Waals surface area (Å²) in [5.41, 5.74) is 4.80. The second kappa shape index (κ2) is 5.90. The number of nitrogens with one attached hydrogen (secondary N) is 1. The van der Waals surface area contributed by atoms with Crippen molar-refractivity contribution < 1.29 is 8.42 Å². The van der Waals surface area contributed by atoms with Crippen molar-refractivity contribution in [3.05, 3.63) is 83.4 Å². The van der Waals surface area contributed by atoms with Crippen LogP contribution >= 0.6 is 11.6 Å². The summed E-state index contributed by atoms with van der Waals surface area (Å²) in [6.45, 7) is 2.01. The van der Waals surface area contributed by atoms with E-state index in [0.717, 1.165) is 22.3 Å². The average Bonchev–Trinajstić information content (AvgIpc) is 2.69. The summed E-state index contributed by atoms with van der Waals surface area (Å²) in [6.07, 6.45) is 0. The number of anilines is 1. The van der Waals surface area contributed by atoms with E-state index in [0.29, 0.717) is 11.3 Å². The number of hydrogen-bond donors (Lipinski definition) is 1. The van der Waals surface area contributed by atoms with E-state index in [1.807, 2.05) is 49.4 Å². The molecule has 0 spiro atoms. The van der Waals surface area contributed by atoms with Gasteiger partial charge in [-0.1, -0.05) is 54.6 Å². The summed E-state index contributed by atoms with van der Waals surface area (Å²) in [5, 5.41) is -0.563. The van der Waals surface area contributed by atoms with Crippen LogP contribution in [0.4, 0.5) is 5.69 Å². The molecular formula is C20H16ClNO2S. The summed E-state index contributed by atoms with van der Waals surface area (Å²) < 4.78 is 28.5. The van der Waals surface area contributed by atoms with Gasteiger partial charge >= 0.3 is 0 Å². The van der Waals surface area contributed by atoms with E-state index in [-0.39, 0.29) is 4.90 Å². The molecule has 3 aromatic carbocycles. The lowest BCUT2D eigenvalue weighted by molar-refractivity contribution is 0.601. The average molecular weight is 370 g/mol. The van der Waals surface area contributed by atoms with E-state index < -0.39 is 15.4 Å². The Kier molecular flexibility index (Phi) is 3.82. The number of sulfonamides is 1. The quantitative estimate of drug-likeness (QED) is 0.606. The summed E-state index contributed by atoms with van der Waals surface area (Å²) in [6, 6.07) is 20.5. The largest absolute Gasteiger partial charge is 0.279 e. The van der Waals surface area contributed by atoms with Crippen molar-refractivity contribution in [3.8, 4) is 11.1 Å². The maximum Gasteiger partial charge on any atom is 0.262 e. The van der Waals surface area contributed by atoms with E-state index in [9.17, 15) is 8.42 Å². The molecule has 1 N–H and O–H groups in total. The fourth-order valence-electron chi connectivity index (χ4n) is 3.32. The van der Waals surface area contributed by atoms with E-state index >= 15 is 0 Å². The maximum absolute atomic E-state index is 12.9. The van der Waals surface area contributed by atoms with Gasteiger partial charge in [-0.3, -0.25) is 4.72 Å². The molecule has 0 amide bonds. The SMILES string of the molecule is Cc1ccccc1-c1cccc2c1C(Cl)c1ccccc1NS2(=O)=O. The molecule has 1 aliphatic rings. The highest BCUT2D eigenvalue weighted by Crippen LogP contribution is 2.45. The van der Waals surface area contributed by atoms with Gasteiger partial charge in [0.25, 0.3) is 10.0 Å². The van der Waals surface area contributed by atoms with Crippen LogP contribution in [0.5, 0.6) is 0 Å². The first kappa shape index (κ1) is 16.2. The summed E-state index contributed by atoms with van der Waals surface area (Å²) >= 11 is 6.81. The van der Waals surface area contributed by atoms with Gasteiger partial charge in [0.2, 0.25) is 0 Å². The second-order valence-corrected chi connectivity index (χ2v) is 8.17. The van der Waals surface area contributed by atoms with Gasteiger partial charge in [-0.2, -0.15) is 0 Å². The molecule has 3 nitrogen and oxygen atoms in total. The van der Waals surface area contributed by atoms with E-state index in [1.54, 1.807) is 24.3 Å². The molecule has 0 fully saturated rings. The third kappa shape index (κ3) is 2.62. The maximum atomic E-state index is 12.9. The van der Waals surface area contributed by atoms with Crippen LogP contribution in [-0.4, -0.2) is 8.42 Å². The molecule has 0 aromatic heterocycles. The Labute approximate surface area is 152 Å². The fraction of sp³-hybridized carbons (Fsp3) is 0.100. The number of benzene rings is 3. The number of para-hydroxylation sites is 1. The third-order valence-corrected chi connectivity index (χ3v) is 6.40. The van der Waals surface area contributed by atoms with Crippen LogP contribution in [0.1, 0.15) is 22.1 Å². The monoisotopic (exact) mass is 369 g/mol. The molecule has 0 bridgehead atoms. The van der Waals surface area contributed by atoms with Crippen LogP contribution < -0.4 is 4.72 Å². The van der Waals surface area contributed by atoms with Crippen molar-refractivity contribution in [3.63, 3.8) is 0 Å². The zero-order valence-electron chi connectivity index (χ0n) is 13.5. The van der Waals surface area contributed by atoms with Crippen molar-refractivity contribution in [1.82, 2.24) is 0 Å². The van der Waals surface area contributed by atoms with Gasteiger partial charge < -0.3 is 0 Å². The number of hydrogen-bond acceptors (Lipinski definition) is 2. The molecule has 1 aliphatic heterocycles. The van der Waals surface area contributed by atoms with Gasteiger partial charge in [0, 0.05) is 5.56 Å². The lowest BCUT2D eigenvalue weighted by atomic mass is 9.92. The summed E-state index contributed by atoms with van der Waals surface area (Å²) in [5.74, 6) is 0. The van der Waals surface area contributed by atoms with Gasteiger partial charge in [-0.05, 0) is 41.3 Å².